The molecule has 0 fully saturated rings. The van der Waals surface area contributed by atoms with E-state index in [1.807, 2.05) is 32.9 Å². The van der Waals surface area contributed by atoms with Gasteiger partial charge in [-0.1, -0.05) is 6.07 Å². The Kier molecular flexibility index (Phi) is 5.62. The standard InChI is InChI=1S/C18H25N3O2/c1-18(2,3)23-17(22)21-9-8-20-12-15-6-5-14-10-13(11-19)4-7-16(14)15/h4,7,10,15,20H,5-6,8-9,12H2,1-3H3,(H,21,22)/t15-/m0/s1. The molecule has 0 spiro atoms. The Hall–Kier alpha value is -2.06. The minimum absolute atomic E-state index is 0.380. The van der Waals surface area contributed by atoms with Crippen LogP contribution in [0.3, 0.4) is 0 Å². The van der Waals surface area contributed by atoms with Gasteiger partial charge in [0.2, 0.25) is 0 Å². The maximum absolute atomic E-state index is 11.5. The minimum atomic E-state index is -0.465. The molecular formula is C18H25N3O2. The molecule has 2 N–H and O–H groups in total. The molecule has 124 valence electrons. The largest absolute Gasteiger partial charge is 0.444 e. The Balaban J connectivity index is 1.69. The zero-order valence-corrected chi connectivity index (χ0v) is 14.1. The lowest BCUT2D eigenvalue weighted by Gasteiger charge is -2.20. The molecular weight excluding hydrogens is 290 g/mol. The number of alkyl carbamates (subject to hydrolysis) is 1. The average molecular weight is 315 g/mol. The highest BCUT2D eigenvalue weighted by molar-refractivity contribution is 5.67. The maximum Gasteiger partial charge on any atom is 0.407 e. The average Bonchev–Trinajstić information content (AvgIpc) is 2.87. The summed E-state index contributed by atoms with van der Waals surface area (Å²) in [4.78, 5) is 11.5. The summed E-state index contributed by atoms with van der Waals surface area (Å²) in [5, 5.41) is 15.1. The summed E-state index contributed by atoms with van der Waals surface area (Å²) in [5.41, 5.74) is 2.91. The number of nitrogens with zero attached hydrogens (tertiary/aromatic N) is 1. The van der Waals surface area contributed by atoms with E-state index in [4.69, 9.17) is 10.00 Å². The maximum atomic E-state index is 11.5. The molecule has 0 saturated heterocycles. The molecule has 1 aromatic carbocycles. The number of nitrogens with one attached hydrogen (secondary N) is 2. The molecule has 23 heavy (non-hydrogen) atoms. The van der Waals surface area contributed by atoms with Crippen LogP contribution in [0.25, 0.3) is 0 Å². The number of carbonyl (C=O) groups is 1. The van der Waals surface area contributed by atoms with E-state index >= 15 is 0 Å². The van der Waals surface area contributed by atoms with Gasteiger partial charge < -0.3 is 15.4 Å². The van der Waals surface area contributed by atoms with Crippen LogP contribution < -0.4 is 10.6 Å². The van der Waals surface area contributed by atoms with Crippen molar-refractivity contribution in [2.45, 2.75) is 45.1 Å². The zero-order chi connectivity index (χ0) is 16.9. The Labute approximate surface area is 138 Å². The van der Waals surface area contributed by atoms with Crippen LogP contribution >= 0.6 is 0 Å². The zero-order valence-electron chi connectivity index (χ0n) is 14.1. The van der Waals surface area contributed by atoms with Crippen LogP contribution in [0.15, 0.2) is 18.2 Å². The first kappa shape index (κ1) is 17.3. The SMILES string of the molecule is CC(C)(C)OC(=O)NCCNC[C@@H]1CCc2cc(C#N)ccc21. The van der Waals surface area contributed by atoms with Gasteiger partial charge in [0.1, 0.15) is 5.60 Å². The highest BCUT2D eigenvalue weighted by atomic mass is 16.6. The van der Waals surface area contributed by atoms with E-state index in [0.29, 0.717) is 19.0 Å². The van der Waals surface area contributed by atoms with E-state index in [2.05, 4.69) is 22.8 Å². The molecule has 1 atom stereocenters. The van der Waals surface area contributed by atoms with E-state index in [1.165, 1.54) is 11.1 Å². The quantitative estimate of drug-likeness (QED) is 0.819. The first-order valence-corrected chi connectivity index (χ1v) is 8.09. The fraction of sp³-hybridized carbons (Fsp3) is 0.556. The van der Waals surface area contributed by atoms with Gasteiger partial charge in [0, 0.05) is 19.6 Å². The van der Waals surface area contributed by atoms with E-state index < -0.39 is 5.60 Å². The Morgan fingerprint density at radius 2 is 2.17 bits per heavy atom. The van der Waals surface area contributed by atoms with Crippen molar-refractivity contribution >= 4 is 6.09 Å². The van der Waals surface area contributed by atoms with E-state index in [0.717, 1.165) is 24.9 Å². The third kappa shape index (κ3) is 5.26. The Morgan fingerprint density at radius 3 is 2.87 bits per heavy atom. The van der Waals surface area contributed by atoms with Crippen LogP contribution in [-0.2, 0) is 11.2 Å². The monoisotopic (exact) mass is 315 g/mol. The summed E-state index contributed by atoms with van der Waals surface area (Å²) in [7, 11) is 0. The molecule has 0 unspecified atom stereocenters. The van der Waals surface area contributed by atoms with Crippen molar-refractivity contribution in [1.82, 2.24) is 10.6 Å². The number of nitriles is 1. The number of ether oxygens (including phenoxy) is 1. The number of amides is 1. The van der Waals surface area contributed by atoms with Gasteiger partial charge in [0.05, 0.1) is 11.6 Å². The van der Waals surface area contributed by atoms with Crippen LogP contribution in [0.4, 0.5) is 4.79 Å². The van der Waals surface area contributed by atoms with Crippen LogP contribution in [0, 0.1) is 11.3 Å². The molecule has 1 aliphatic rings. The van der Waals surface area contributed by atoms with Crippen LogP contribution in [0.5, 0.6) is 0 Å². The van der Waals surface area contributed by atoms with Crippen molar-refractivity contribution in [3.8, 4) is 6.07 Å². The highest BCUT2D eigenvalue weighted by Gasteiger charge is 2.22. The van der Waals surface area contributed by atoms with Crippen molar-refractivity contribution in [3.05, 3.63) is 34.9 Å². The van der Waals surface area contributed by atoms with Crippen molar-refractivity contribution in [2.75, 3.05) is 19.6 Å². The number of aryl methyl sites for hydroxylation is 1. The second-order valence-corrected chi connectivity index (χ2v) is 6.89. The number of hydrogen-bond donors (Lipinski definition) is 2. The summed E-state index contributed by atoms with van der Waals surface area (Å²) < 4.78 is 5.18. The number of benzene rings is 1. The lowest BCUT2D eigenvalue weighted by molar-refractivity contribution is 0.0528. The third-order valence-electron chi connectivity index (χ3n) is 3.83. The summed E-state index contributed by atoms with van der Waals surface area (Å²) in [6, 6.07) is 8.16. The van der Waals surface area contributed by atoms with Gasteiger partial charge in [-0.3, -0.25) is 0 Å². The van der Waals surface area contributed by atoms with Crippen LogP contribution in [0.2, 0.25) is 0 Å². The summed E-state index contributed by atoms with van der Waals surface area (Å²) in [5.74, 6) is 0.485. The van der Waals surface area contributed by atoms with Crippen molar-refractivity contribution in [1.29, 1.82) is 5.26 Å². The third-order valence-corrected chi connectivity index (χ3v) is 3.83. The molecule has 0 aliphatic heterocycles. The van der Waals surface area contributed by atoms with Gasteiger partial charge in [0.25, 0.3) is 0 Å². The molecule has 0 aromatic heterocycles. The number of hydrogen-bond acceptors (Lipinski definition) is 4. The second kappa shape index (κ2) is 7.47. The summed E-state index contributed by atoms with van der Waals surface area (Å²) in [6.07, 6.45) is 1.76. The van der Waals surface area contributed by atoms with E-state index in [1.54, 1.807) is 0 Å². The van der Waals surface area contributed by atoms with Crippen molar-refractivity contribution in [3.63, 3.8) is 0 Å². The number of rotatable bonds is 5. The van der Waals surface area contributed by atoms with E-state index in [9.17, 15) is 4.79 Å². The molecule has 0 saturated carbocycles. The molecule has 5 nitrogen and oxygen atoms in total. The fourth-order valence-corrected chi connectivity index (χ4v) is 2.83. The first-order chi connectivity index (χ1) is 10.9. The number of carbonyl (C=O) groups excluding carboxylic acids is 1. The topological polar surface area (TPSA) is 74.2 Å². The lowest BCUT2D eigenvalue weighted by Crippen LogP contribution is -2.37. The van der Waals surface area contributed by atoms with Gasteiger partial charge in [-0.25, -0.2) is 4.79 Å². The van der Waals surface area contributed by atoms with Gasteiger partial charge in [0.15, 0.2) is 0 Å². The molecule has 0 heterocycles. The smallest absolute Gasteiger partial charge is 0.407 e. The molecule has 1 aliphatic carbocycles. The normalized spacial score (nSPS) is 16.5. The predicted octanol–water partition coefficient (Wildman–Crippen LogP) is 2.70. The van der Waals surface area contributed by atoms with Gasteiger partial charge in [-0.15, -0.1) is 0 Å². The molecule has 0 radical (unpaired) electrons. The van der Waals surface area contributed by atoms with Gasteiger partial charge in [-0.2, -0.15) is 5.26 Å². The van der Waals surface area contributed by atoms with E-state index in [-0.39, 0.29) is 6.09 Å². The molecule has 1 aromatic rings. The Bertz CT molecular complexity index is 599. The lowest BCUT2D eigenvalue weighted by atomic mass is 10.00. The Morgan fingerprint density at radius 1 is 1.39 bits per heavy atom. The molecule has 2 rings (SSSR count). The molecule has 0 bridgehead atoms. The first-order valence-electron chi connectivity index (χ1n) is 8.09. The van der Waals surface area contributed by atoms with Crippen LogP contribution in [-0.4, -0.2) is 31.3 Å². The summed E-state index contributed by atoms with van der Waals surface area (Å²) in [6.45, 7) is 7.68. The van der Waals surface area contributed by atoms with Crippen molar-refractivity contribution in [2.24, 2.45) is 0 Å². The second-order valence-electron chi connectivity index (χ2n) is 6.89. The van der Waals surface area contributed by atoms with Crippen molar-refractivity contribution < 1.29 is 9.53 Å². The number of fused-ring (bicyclic) bond motifs is 1. The summed E-state index contributed by atoms with van der Waals surface area (Å²) >= 11 is 0. The van der Waals surface area contributed by atoms with Gasteiger partial charge in [-0.05, 0) is 62.8 Å². The highest BCUT2D eigenvalue weighted by Crippen LogP contribution is 2.32. The van der Waals surface area contributed by atoms with Crippen LogP contribution in [0.1, 0.15) is 49.8 Å². The molecule has 1 amide bonds. The van der Waals surface area contributed by atoms with Gasteiger partial charge >= 0.3 is 6.09 Å². The fourth-order valence-electron chi connectivity index (χ4n) is 2.83. The predicted molar refractivity (Wildman–Crippen MR) is 89.3 cm³/mol. The molecule has 5 heteroatoms. The minimum Gasteiger partial charge on any atom is -0.444 e.